The number of anilines is 1. The van der Waals surface area contributed by atoms with Crippen molar-refractivity contribution < 1.29 is 23.0 Å². The number of aromatic hydroxyl groups is 1. The third-order valence-corrected chi connectivity index (χ3v) is 7.93. The molecule has 2 saturated heterocycles. The standard InChI is InChI=1S/C24H20F2N4O2.C7H12FN.C3H6/c1-4-6-9-27-23-17-12-28-21(20(26)22(17)29-24(30-23)32-3)16-11-14(31)10-13-7-8-18(25)15(5-2)19(13)16;8-6-4-7-2-1-3-9(7)5-6;1-2-3-1/h2,7-8,10-12,31H,4,6,9H2,1,3H3,(H,27,29,30);6-7H,1-5H2;1-3H2. The Morgan fingerprint density at radius 3 is 2.64 bits per heavy atom. The van der Waals surface area contributed by atoms with Gasteiger partial charge in [-0.2, -0.15) is 9.97 Å². The van der Waals surface area contributed by atoms with Crippen molar-refractivity contribution in [3.05, 3.63) is 47.7 Å². The molecule has 1 aliphatic carbocycles. The summed E-state index contributed by atoms with van der Waals surface area (Å²) in [6.45, 7) is 4.55. The fraction of sp³-hybridized carbons (Fsp3) is 0.441. The van der Waals surface area contributed by atoms with Gasteiger partial charge in [0.2, 0.25) is 0 Å². The summed E-state index contributed by atoms with van der Waals surface area (Å²) in [6, 6.07) is 6.01. The second-order valence-corrected chi connectivity index (χ2v) is 11.4. The van der Waals surface area contributed by atoms with Crippen molar-refractivity contribution >= 4 is 27.5 Å². The predicted molar refractivity (Wildman–Crippen MR) is 168 cm³/mol. The van der Waals surface area contributed by atoms with Crippen LogP contribution >= 0.6 is 0 Å². The molecular weight excluding hydrogens is 567 g/mol. The van der Waals surface area contributed by atoms with E-state index in [-0.39, 0.29) is 39.5 Å². The van der Waals surface area contributed by atoms with Gasteiger partial charge >= 0.3 is 6.01 Å². The molecule has 3 fully saturated rings. The first kappa shape index (κ1) is 31.3. The van der Waals surface area contributed by atoms with Gasteiger partial charge in [-0.25, -0.2) is 13.2 Å². The Balaban J connectivity index is 0.000000262. The lowest BCUT2D eigenvalue weighted by atomic mass is 9.96. The van der Waals surface area contributed by atoms with Crippen LogP contribution in [0, 0.1) is 24.0 Å². The van der Waals surface area contributed by atoms with Crippen LogP contribution in [0.4, 0.5) is 19.0 Å². The number of ether oxygens (including phenoxy) is 1. The smallest absolute Gasteiger partial charge is 0.318 e. The molecule has 7 rings (SSSR count). The Morgan fingerprint density at radius 1 is 1.16 bits per heavy atom. The van der Waals surface area contributed by atoms with Crippen LogP contribution in [0.5, 0.6) is 11.8 Å². The minimum atomic E-state index is -0.763. The second kappa shape index (κ2) is 14.1. The molecule has 2 aliphatic heterocycles. The number of rotatable bonds is 6. The first-order valence-electron chi connectivity index (χ1n) is 15.3. The van der Waals surface area contributed by atoms with Crippen LogP contribution in [0.2, 0.25) is 0 Å². The molecule has 1 saturated carbocycles. The summed E-state index contributed by atoms with van der Waals surface area (Å²) in [6.07, 6.45) is 16.2. The third-order valence-electron chi connectivity index (χ3n) is 7.93. The van der Waals surface area contributed by atoms with Crippen molar-refractivity contribution in [2.45, 2.75) is 70.5 Å². The number of fused-ring (bicyclic) bond motifs is 3. The SMILES string of the molecule is C#Cc1c(F)ccc2cc(O)cc(-c3ncc4c(NCCCC)nc(OC)nc4c3F)c12.C1CC1.FC1CC2CCCN2C1. The molecule has 2 unspecified atom stereocenters. The lowest BCUT2D eigenvalue weighted by Crippen LogP contribution is -2.22. The van der Waals surface area contributed by atoms with E-state index in [0.717, 1.165) is 25.8 Å². The molecule has 4 heterocycles. The summed E-state index contributed by atoms with van der Waals surface area (Å²) < 4.78 is 47.9. The number of pyridine rings is 1. The van der Waals surface area contributed by atoms with Gasteiger partial charge in [0, 0.05) is 36.3 Å². The minimum absolute atomic E-state index is 0.0105. The number of halogens is 3. The first-order valence-corrected chi connectivity index (χ1v) is 15.3. The van der Waals surface area contributed by atoms with Gasteiger partial charge in [-0.05, 0) is 55.8 Å². The lowest BCUT2D eigenvalue weighted by Gasteiger charge is -2.14. The van der Waals surface area contributed by atoms with Crippen molar-refractivity contribution in [1.82, 2.24) is 19.9 Å². The maximum Gasteiger partial charge on any atom is 0.318 e. The van der Waals surface area contributed by atoms with Gasteiger partial charge < -0.3 is 15.2 Å². The molecule has 0 bridgehead atoms. The number of phenols is 1. The molecule has 7 nitrogen and oxygen atoms in total. The fourth-order valence-electron chi connectivity index (χ4n) is 5.61. The van der Waals surface area contributed by atoms with Gasteiger partial charge in [-0.3, -0.25) is 9.88 Å². The number of aromatic nitrogens is 3. The summed E-state index contributed by atoms with van der Waals surface area (Å²) >= 11 is 0. The molecule has 44 heavy (non-hydrogen) atoms. The Labute approximate surface area is 255 Å². The van der Waals surface area contributed by atoms with E-state index >= 15 is 4.39 Å². The van der Waals surface area contributed by atoms with Crippen LogP contribution in [-0.4, -0.2) is 63.9 Å². The number of phenolic OH excluding ortho intramolecular Hbond substituents is 1. The zero-order valence-corrected chi connectivity index (χ0v) is 25.2. The van der Waals surface area contributed by atoms with Crippen LogP contribution < -0.4 is 10.1 Å². The molecule has 2 aromatic carbocycles. The van der Waals surface area contributed by atoms with E-state index in [0.29, 0.717) is 35.7 Å². The molecule has 3 aliphatic rings. The van der Waals surface area contributed by atoms with Gasteiger partial charge in [0.05, 0.1) is 18.1 Å². The van der Waals surface area contributed by atoms with E-state index in [1.165, 1.54) is 69.7 Å². The monoisotopic (exact) mass is 605 g/mol. The zero-order chi connectivity index (χ0) is 31.2. The second-order valence-electron chi connectivity index (χ2n) is 11.4. The average molecular weight is 606 g/mol. The third kappa shape index (κ3) is 6.99. The molecule has 10 heteroatoms. The number of terminal acetylenes is 1. The molecule has 4 aromatic rings. The van der Waals surface area contributed by atoms with Crippen LogP contribution in [0.25, 0.3) is 32.9 Å². The first-order chi connectivity index (χ1) is 21.3. The van der Waals surface area contributed by atoms with Crippen LogP contribution in [0.1, 0.15) is 63.9 Å². The Kier molecular flexibility index (Phi) is 10.1. The Hall–Kier alpha value is -4.10. The highest BCUT2D eigenvalue weighted by Crippen LogP contribution is 2.38. The van der Waals surface area contributed by atoms with E-state index in [1.54, 1.807) is 0 Å². The summed E-state index contributed by atoms with van der Waals surface area (Å²) in [5, 5.41) is 14.5. The number of hydrogen-bond donors (Lipinski definition) is 2. The van der Waals surface area contributed by atoms with Crippen LogP contribution in [0.3, 0.4) is 0 Å². The van der Waals surface area contributed by atoms with Crippen LogP contribution in [0.15, 0.2) is 30.5 Å². The molecule has 232 valence electrons. The minimum Gasteiger partial charge on any atom is -0.508 e. The predicted octanol–water partition coefficient (Wildman–Crippen LogP) is 7.39. The van der Waals surface area contributed by atoms with Crippen molar-refractivity contribution in [3.8, 4) is 35.4 Å². The van der Waals surface area contributed by atoms with E-state index in [9.17, 15) is 13.9 Å². The lowest BCUT2D eigenvalue weighted by molar-refractivity contribution is 0.292. The fourth-order valence-corrected chi connectivity index (χ4v) is 5.61. The Morgan fingerprint density at radius 2 is 1.95 bits per heavy atom. The normalized spacial score (nSPS) is 18.5. The topological polar surface area (TPSA) is 83.4 Å². The number of hydrogen-bond acceptors (Lipinski definition) is 7. The summed E-state index contributed by atoms with van der Waals surface area (Å²) in [4.78, 5) is 15.0. The number of unbranched alkanes of at least 4 members (excludes halogenated alkanes) is 1. The quantitative estimate of drug-likeness (QED) is 0.175. The average Bonchev–Trinajstić information content (AvgIpc) is 3.77. The van der Waals surface area contributed by atoms with Crippen molar-refractivity contribution in [3.63, 3.8) is 0 Å². The maximum absolute atomic E-state index is 15.8. The van der Waals surface area contributed by atoms with Crippen LogP contribution in [-0.2, 0) is 0 Å². The molecule has 0 amide bonds. The van der Waals surface area contributed by atoms with Gasteiger partial charge in [0.1, 0.15) is 34.8 Å². The highest BCUT2D eigenvalue weighted by Gasteiger charge is 2.34. The molecule has 0 spiro atoms. The van der Waals surface area contributed by atoms with Crippen molar-refractivity contribution in [1.29, 1.82) is 0 Å². The summed E-state index contributed by atoms with van der Waals surface area (Å²) in [5.41, 5.74) is -0.0253. The number of nitrogens with one attached hydrogen (secondary N) is 1. The van der Waals surface area contributed by atoms with Gasteiger partial charge in [-0.1, -0.05) is 44.6 Å². The van der Waals surface area contributed by atoms with Gasteiger partial charge in [0.25, 0.3) is 0 Å². The molecule has 0 radical (unpaired) electrons. The van der Waals surface area contributed by atoms with E-state index in [4.69, 9.17) is 11.2 Å². The number of alkyl halides is 1. The highest BCUT2D eigenvalue weighted by molar-refractivity contribution is 6.02. The van der Waals surface area contributed by atoms with Gasteiger partial charge in [0.15, 0.2) is 5.82 Å². The number of methoxy groups -OCH3 is 1. The zero-order valence-electron chi connectivity index (χ0n) is 25.2. The van der Waals surface area contributed by atoms with E-state index in [2.05, 4.69) is 38.0 Å². The number of nitrogens with zero attached hydrogens (tertiary/aromatic N) is 4. The van der Waals surface area contributed by atoms with Crippen molar-refractivity contribution in [2.24, 2.45) is 0 Å². The van der Waals surface area contributed by atoms with Crippen molar-refractivity contribution in [2.75, 3.05) is 32.1 Å². The summed E-state index contributed by atoms with van der Waals surface area (Å²) in [7, 11) is 1.39. The van der Waals surface area contributed by atoms with E-state index < -0.39 is 17.8 Å². The largest absolute Gasteiger partial charge is 0.508 e. The molecule has 2 atom stereocenters. The van der Waals surface area contributed by atoms with E-state index in [1.807, 2.05) is 0 Å². The molecular formula is C34H38F3N5O2. The molecule has 2 aromatic heterocycles. The highest BCUT2D eigenvalue weighted by atomic mass is 19.1. The Bertz CT molecular complexity index is 1660. The van der Waals surface area contributed by atoms with Gasteiger partial charge in [-0.15, -0.1) is 6.42 Å². The maximum atomic E-state index is 15.8. The summed E-state index contributed by atoms with van der Waals surface area (Å²) in [5.74, 6) is 1.19. The molecule has 2 N–H and O–H groups in total. The number of benzene rings is 2.